The number of amides is 1. The normalized spacial score (nSPS) is 22.2. The van der Waals surface area contributed by atoms with Crippen LogP contribution in [0.1, 0.15) is 48.9 Å². The number of anilines is 1. The Bertz CT molecular complexity index is 741. The van der Waals surface area contributed by atoms with Crippen molar-refractivity contribution in [3.05, 3.63) is 35.5 Å². The summed E-state index contributed by atoms with van der Waals surface area (Å²) in [6.07, 6.45) is 10.4. The van der Waals surface area contributed by atoms with Crippen molar-refractivity contribution in [3.63, 3.8) is 0 Å². The second-order valence-corrected chi connectivity index (χ2v) is 9.02. The van der Waals surface area contributed by atoms with Gasteiger partial charge in [0.1, 0.15) is 5.82 Å². The van der Waals surface area contributed by atoms with Crippen LogP contribution in [-0.4, -0.2) is 43.4 Å². The zero-order chi connectivity index (χ0) is 17.7. The minimum absolute atomic E-state index is 0.0294. The van der Waals surface area contributed by atoms with Gasteiger partial charge in [-0.25, -0.2) is 13.4 Å². The summed E-state index contributed by atoms with van der Waals surface area (Å²) < 4.78 is 22.9. The highest BCUT2D eigenvalue weighted by Crippen LogP contribution is 2.20. The van der Waals surface area contributed by atoms with Gasteiger partial charge in [0, 0.05) is 18.8 Å². The van der Waals surface area contributed by atoms with Crippen molar-refractivity contribution in [1.29, 1.82) is 0 Å². The van der Waals surface area contributed by atoms with Crippen LogP contribution in [0.3, 0.4) is 0 Å². The molecule has 1 unspecified atom stereocenters. The summed E-state index contributed by atoms with van der Waals surface area (Å²) in [5.41, 5.74) is 1.96. The molecule has 0 aromatic carbocycles. The molecule has 1 atom stereocenters. The number of allylic oxidation sites excluding steroid dienone is 1. The summed E-state index contributed by atoms with van der Waals surface area (Å²) >= 11 is 0. The molecular weight excluding hydrogens is 338 g/mol. The molecule has 1 aromatic heterocycles. The predicted octanol–water partition coefficient (Wildman–Crippen LogP) is 2.30. The molecule has 0 saturated carbocycles. The Hall–Kier alpha value is -1.89. The first kappa shape index (κ1) is 17.9. The Morgan fingerprint density at radius 1 is 1.28 bits per heavy atom. The third kappa shape index (κ3) is 5.29. The van der Waals surface area contributed by atoms with E-state index in [0.717, 1.165) is 18.8 Å². The number of carbonyl (C=O) groups excluding carboxylic acids is 1. The predicted molar refractivity (Wildman–Crippen MR) is 98.4 cm³/mol. The fraction of sp³-hybridized carbons (Fsp3) is 0.556. The number of aromatic nitrogens is 1. The van der Waals surface area contributed by atoms with E-state index in [4.69, 9.17) is 0 Å². The van der Waals surface area contributed by atoms with Crippen LogP contribution in [0.25, 0.3) is 0 Å². The Kier molecular flexibility index (Phi) is 5.73. The third-order valence-electron chi connectivity index (χ3n) is 4.73. The average molecular weight is 363 g/mol. The SMILES string of the molecule is O=C(NC1CCS(=O)(=O)C1)c1ccc(NCCC2=CCCCC2)nc1. The van der Waals surface area contributed by atoms with Gasteiger partial charge in [-0.2, -0.15) is 0 Å². The molecule has 2 N–H and O–H groups in total. The Balaban J connectivity index is 1.46. The van der Waals surface area contributed by atoms with E-state index in [1.54, 1.807) is 12.1 Å². The van der Waals surface area contributed by atoms with Gasteiger partial charge in [-0.3, -0.25) is 4.79 Å². The summed E-state index contributed by atoms with van der Waals surface area (Å²) in [7, 11) is -2.99. The van der Waals surface area contributed by atoms with Crippen LogP contribution in [0, 0.1) is 0 Å². The first-order valence-corrected chi connectivity index (χ1v) is 10.7. The lowest BCUT2D eigenvalue weighted by atomic mass is 9.97. The maximum absolute atomic E-state index is 12.2. The lowest BCUT2D eigenvalue weighted by Crippen LogP contribution is -2.35. The Labute approximate surface area is 149 Å². The molecule has 3 rings (SSSR count). The van der Waals surface area contributed by atoms with Crippen molar-refractivity contribution in [1.82, 2.24) is 10.3 Å². The van der Waals surface area contributed by atoms with E-state index in [-0.39, 0.29) is 23.5 Å². The van der Waals surface area contributed by atoms with Crippen molar-refractivity contribution in [3.8, 4) is 0 Å². The van der Waals surface area contributed by atoms with E-state index in [9.17, 15) is 13.2 Å². The smallest absolute Gasteiger partial charge is 0.253 e. The molecule has 0 bridgehead atoms. The van der Waals surface area contributed by atoms with Gasteiger partial charge in [0.2, 0.25) is 0 Å². The molecule has 25 heavy (non-hydrogen) atoms. The van der Waals surface area contributed by atoms with Gasteiger partial charge in [-0.15, -0.1) is 0 Å². The standard InChI is InChI=1S/C18H25N3O3S/c22-18(21-16-9-11-25(23,24)13-16)15-6-7-17(20-12-15)19-10-8-14-4-2-1-3-5-14/h4,6-7,12,16H,1-3,5,8-11,13H2,(H,19,20)(H,21,22). The fourth-order valence-corrected chi connectivity index (χ4v) is 4.97. The van der Waals surface area contributed by atoms with Crippen molar-refractivity contribution < 1.29 is 13.2 Å². The lowest BCUT2D eigenvalue weighted by molar-refractivity contribution is 0.0941. The number of rotatable bonds is 6. The molecule has 1 aromatic rings. The Morgan fingerprint density at radius 3 is 2.80 bits per heavy atom. The van der Waals surface area contributed by atoms with Crippen molar-refractivity contribution >= 4 is 21.6 Å². The molecule has 1 amide bonds. The summed E-state index contributed by atoms with van der Waals surface area (Å²) in [5, 5.41) is 6.05. The average Bonchev–Trinajstić information content (AvgIpc) is 2.95. The van der Waals surface area contributed by atoms with Crippen LogP contribution in [-0.2, 0) is 9.84 Å². The molecule has 1 fully saturated rings. The minimum atomic E-state index is -2.99. The third-order valence-corrected chi connectivity index (χ3v) is 6.50. The summed E-state index contributed by atoms with van der Waals surface area (Å²) in [4.78, 5) is 16.4. The topological polar surface area (TPSA) is 88.2 Å². The molecule has 0 spiro atoms. The van der Waals surface area contributed by atoms with Gasteiger partial charge >= 0.3 is 0 Å². The van der Waals surface area contributed by atoms with E-state index >= 15 is 0 Å². The molecule has 1 aliphatic heterocycles. The summed E-state index contributed by atoms with van der Waals surface area (Å²) in [6.45, 7) is 0.838. The summed E-state index contributed by atoms with van der Waals surface area (Å²) in [5.74, 6) is 0.654. The summed E-state index contributed by atoms with van der Waals surface area (Å²) in [6, 6.07) is 3.21. The van der Waals surface area contributed by atoms with Gasteiger partial charge in [0.05, 0.1) is 17.1 Å². The van der Waals surface area contributed by atoms with Gasteiger partial charge in [0.25, 0.3) is 5.91 Å². The van der Waals surface area contributed by atoms with Crippen LogP contribution < -0.4 is 10.6 Å². The largest absolute Gasteiger partial charge is 0.370 e. The molecule has 2 heterocycles. The minimum Gasteiger partial charge on any atom is -0.370 e. The number of nitrogens with one attached hydrogen (secondary N) is 2. The number of sulfone groups is 1. The first-order chi connectivity index (χ1) is 12.0. The van der Waals surface area contributed by atoms with Crippen LogP contribution >= 0.6 is 0 Å². The Morgan fingerprint density at radius 2 is 2.16 bits per heavy atom. The maximum atomic E-state index is 12.2. The second-order valence-electron chi connectivity index (χ2n) is 6.79. The van der Waals surface area contributed by atoms with Gasteiger partial charge in [-0.1, -0.05) is 11.6 Å². The molecule has 2 aliphatic rings. The maximum Gasteiger partial charge on any atom is 0.253 e. The van der Waals surface area contributed by atoms with Crippen molar-refractivity contribution in [2.24, 2.45) is 0 Å². The van der Waals surface area contributed by atoms with Crippen LogP contribution in [0.15, 0.2) is 30.0 Å². The van der Waals surface area contributed by atoms with E-state index < -0.39 is 9.84 Å². The molecule has 6 nitrogen and oxygen atoms in total. The van der Waals surface area contributed by atoms with Gasteiger partial charge in [0.15, 0.2) is 9.84 Å². The highest BCUT2D eigenvalue weighted by atomic mass is 32.2. The van der Waals surface area contributed by atoms with E-state index in [0.29, 0.717) is 12.0 Å². The number of pyridine rings is 1. The highest BCUT2D eigenvalue weighted by Gasteiger charge is 2.29. The number of nitrogens with zero attached hydrogens (tertiary/aromatic N) is 1. The fourth-order valence-electron chi connectivity index (χ4n) is 3.29. The lowest BCUT2D eigenvalue weighted by Gasteiger charge is -2.13. The zero-order valence-corrected chi connectivity index (χ0v) is 15.1. The van der Waals surface area contributed by atoms with Crippen molar-refractivity contribution in [2.75, 3.05) is 23.4 Å². The monoisotopic (exact) mass is 363 g/mol. The number of hydrogen-bond acceptors (Lipinski definition) is 5. The van der Waals surface area contributed by atoms with Gasteiger partial charge in [-0.05, 0) is 50.7 Å². The number of hydrogen-bond donors (Lipinski definition) is 2. The first-order valence-electron chi connectivity index (χ1n) is 8.91. The second kappa shape index (κ2) is 7.99. The zero-order valence-electron chi connectivity index (χ0n) is 14.3. The van der Waals surface area contributed by atoms with Crippen molar-refractivity contribution in [2.45, 2.75) is 44.6 Å². The number of carbonyl (C=O) groups is 1. The molecule has 7 heteroatoms. The van der Waals surface area contributed by atoms with E-state index in [1.165, 1.54) is 37.5 Å². The van der Waals surface area contributed by atoms with E-state index in [2.05, 4.69) is 21.7 Å². The van der Waals surface area contributed by atoms with Crippen LogP contribution in [0.2, 0.25) is 0 Å². The molecule has 1 saturated heterocycles. The quantitative estimate of drug-likeness (QED) is 0.757. The molecular formula is C18H25N3O3S. The highest BCUT2D eigenvalue weighted by molar-refractivity contribution is 7.91. The van der Waals surface area contributed by atoms with Crippen LogP contribution in [0.4, 0.5) is 5.82 Å². The molecule has 136 valence electrons. The van der Waals surface area contributed by atoms with Gasteiger partial charge < -0.3 is 10.6 Å². The van der Waals surface area contributed by atoms with Crippen LogP contribution in [0.5, 0.6) is 0 Å². The molecule has 1 aliphatic carbocycles. The van der Waals surface area contributed by atoms with E-state index in [1.807, 2.05) is 0 Å². The molecule has 0 radical (unpaired) electrons.